The maximum Gasteiger partial charge on any atom is 0.191 e. The van der Waals surface area contributed by atoms with Gasteiger partial charge in [0, 0.05) is 26.3 Å². The van der Waals surface area contributed by atoms with E-state index in [9.17, 15) is 0 Å². The van der Waals surface area contributed by atoms with Crippen LogP contribution in [0.4, 0.5) is 0 Å². The summed E-state index contributed by atoms with van der Waals surface area (Å²) in [5.74, 6) is 2.55. The summed E-state index contributed by atoms with van der Waals surface area (Å²) in [7, 11) is 3.70. The number of guanidine groups is 1. The molecule has 0 aliphatic carbocycles. The normalized spacial score (nSPS) is 11.3. The first-order chi connectivity index (χ1) is 14.6. The van der Waals surface area contributed by atoms with Crippen LogP contribution in [-0.4, -0.2) is 42.4 Å². The Morgan fingerprint density at radius 3 is 2.68 bits per heavy atom. The number of nitrogens with zero attached hydrogens (tertiary/aromatic N) is 3. The van der Waals surface area contributed by atoms with Crippen molar-refractivity contribution in [2.75, 3.05) is 26.9 Å². The molecule has 0 fully saturated rings. The molecule has 2 aromatic carbocycles. The molecule has 0 atom stereocenters. The molecule has 0 unspecified atom stereocenters. The van der Waals surface area contributed by atoms with Crippen molar-refractivity contribution < 1.29 is 9.47 Å². The Labute approximate surface area is 201 Å². The molecule has 2 N–H and O–H groups in total. The number of methoxy groups -OCH3 is 1. The van der Waals surface area contributed by atoms with Gasteiger partial charge < -0.3 is 24.7 Å². The predicted molar refractivity (Wildman–Crippen MR) is 136 cm³/mol. The van der Waals surface area contributed by atoms with Gasteiger partial charge in [0.1, 0.15) is 18.2 Å². The van der Waals surface area contributed by atoms with Crippen molar-refractivity contribution in [1.82, 2.24) is 20.2 Å². The van der Waals surface area contributed by atoms with Gasteiger partial charge in [-0.1, -0.05) is 24.3 Å². The summed E-state index contributed by atoms with van der Waals surface area (Å²) in [4.78, 5) is 9.46. The van der Waals surface area contributed by atoms with E-state index in [1.165, 1.54) is 0 Å². The fraction of sp³-hybridized carbons (Fsp3) is 0.391. The maximum absolute atomic E-state index is 5.88. The van der Waals surface area contributed by atoms with Gasteiger partial charge in [-0.25, -0.2) is 9.98 Å². The fourth-order valence-corrected chi connectivity index (χ4v) is 3.18. The minimum Gasteiger partial charge on any atom is -0.491 e. The minimum absolute atomic E-state index is 0. The van der Waals surface area contributed by atoms with Gasteiger partial charge in [0.25, 0.3) is 0 Å². The topological polar surface area (TPSA) is 72.7 Å². The highest BCUT2D eigenvalue weighted by Gasteiger charge is 2.09. The van der Waals surface area contributed by atoms with Crippen LogP contribution in [0.5, 0.6) is 5.75 Å². The van der Waals surface area contributed by atoms with Crippen molar-refractivity contribution in [3.63, 3.8) is 0 Å². The lowest BCUT2D eigenvalue weighted by Crippen LogP contribution is -2.37. The van der Waals surface area contributed by atoms with E-state index < -0.39 is 0 Å². The van der Waals surface area contributed by atoms with E-state index in [0.717, 1.165) is 46.2 Å². The Morgan fingerprint density at radius 1 is 1.13 bits per heavy atom. The molecule has 0 radical (unpaired) electrons. The number of imidazole rings is 1. The van der Waals surface area contributed by atoms with Crippen LogP contribution in [0, 0.1) is 6.92 Å². The highest BCUT2D eigenvalue weighted by Crippen LogP contribution is 2.21. The molecular formula is C23H32IN5O2. The average Bonchev–Trinajstić information content (AvgIpc) is 3.07. The van der Waals surface area contributed by atoms with E-state index in [1.54, 1.807) is 7.11 Å². The standard InChI is InChI=1S/C23H31N5O2.HI/c1-5-24-23(26-16-22-27-19-8-6-7-9-20(19)28(22)3)25-15-18-11-10-17(2)14-21(18)30-13-12-29-4;/h6-11,14H,5,12-13,15-16H2,1-4H3,(H2,24,25,26);1H. The maximum atomic E-state index is 5.88. The van der Waals surface area contributed by atoms with Crippen molar-refractivity contribution in [3.8, 4) is 5.75 Å². The lowest BCUT2D eigenvalue weighted by molar-refractivity contribution is 0.145. The molecule has 3 rings (SSSR count). The summed E-state index contributed by atoms with van der Waals surface area (Å²) < 4.78 is 13.1. The zero-order chi connectivity index (χ0) is 21.3. The summed E-state index contributed by atoms with van der Waals surface area (Å²) in [6.07, 6.45) is 0. The number of halogens is 1. The summed E-state index contributed by atoms with van der Waals surface area (Å²) >= 11 is 0. The highest BCUT2D eigenvalue weighted by atomic mass is 127. The molecule has 168 valence electrons. The van der Waals surface area contributed by atoms with E-state index in [4.69, 9.17) is 19.5 Å². The molecule has 0 amide bonds. The molecule has 0 saturated heterocycles. The van der Waals surface area contributed by atoms with Crippen molar-refractivity contribution in [2.45, 2.75) is 26.9 Å². The first kappa shape index (κ1) is 24.9. The Kier molecular flexibility index (Phi) is 10.1. The van der Waals surface area contributed by atoms with Gasteiger partial charge in [0.15, 0.2) is 5.96 Å². The molecule has 8 heteroatoms. The summed E-state index contributed by atoms with van der Waals surface area (Å²) in [6, 6.07) is 14.3. The van der Waals surface area contributed by atoms with Gasteiger partial charge in [-0.05, 0) is 37.6 Å². The lowest BCUT2D eigenvalue weighted by atomic mass is 10.1. The lowest BCUT2D eigenvalue weighted by Gasteiger charge is -2.13. The zero-order valence-corrected chi connectivity index (χ0v) is 21.0. The SMILES string of the molecule is CCNC(=NCc1ccc(C)cc1OCCOC)NCc1nc2ccccc2n1C.I. The summed E-state index contributed by atoms with van der Waals surface area (Å²) in [5.41, 5.74) is 4.31. The van der Waals surface area contributed by atoms with Crippen LogP contribution in [0.1, 0.15) is 23.9 Å². The van der Waals surface area contributed by atoms with Gasteiger partial charge in [-0.2, -0.15) is 0 Å². The number of aromatic nitrogens is 2. The molecule has 3 aromatic rings. The highest BCUT2D eigenvalue weighted by molar-refractivity contribution is 14.0. The van der Waals surface area contributed by atoms with Crippen LogP contribution in [0.25, 0.3) is 11.0 Å². The van der Waals surface area contributed by atoms with Crippen LogP contribution in [0.2, 0.25) is 0 Å². The quantitative estimate of drug-likeness (QED) is 0.188. The van der Waals surface area contributed by atoms with Crippen LogP contribution in [0.3, 0.4) is 0 Å². The number of aryl methyl sites for hydroxylation is 2. The minimum atomic E-state index is 0. The summed E-state index contributed by atoms with van der Waals surface area (Å²) in [6.45, 7) is 7.05. The Morgan fingerprint density at radius 2 is 1.94 bits per heavy atom. The molecule has 0 bridgehead atoms. The Balaban J connectivity index is 0.00000341. The molecule has 1 heterocycles. The molecule has 7 nitrogen and oxygen atoms in total. The Bertz CT molecular complexity index is 1000. The van der Waals surface area contributed by atoms with Crippen molar-refractivity contribution in [2.24, 2.45) is 12.0 Å². The van der Waals surface area contributed by atoms with Gasteiger partial charge in [0.05, 0.1) is 30.7 Å². The van der Waals surface area contributed by atoms with Gasteiger partial charge >= 0.3 is 0 Å². The average molecular weight is 537 g/mol. The van der Waals surface area contributed by atoms with E-state index >= 15 is 0 Å². The number of rotatable bonds is 9. The van der Waals surface area contributed by atoms with E-state index in [2.05, 4.69) is 47.2 Å². The first-order valence-electron chi connectivity index (χ1n) is 10.3. The molecule has 31 heavy (non-hydrogen) atoms. The van der Waals surface area contributed by atoms with Crippen LogP contribution >= 0.6 is 24.0 Å². The van der Waals surface area contributed by atoms with Crippen molar-refractivity contribution in [1.29, 1.82) is 0 Å². The number of para-hydroxylation sites is 2. The predicted octanol–water partition coefficient (Wildman–Crippen LogP) is 3.78. The van der Waals surface area contributed by atoms with E-state index in [0.29, 0.717) is 26.3 Å². The van der Waals surface area contributed by atoms with E-state index in [1.807, 2.05) is 31.3 Å². The first-order valence-corrected chi connectivity index (χ1v) is 10.3. The third-order valence-electron chi connectivity index (χ3n) is 4.81. The second-order valence-corrected chi connectivity index (χ2v) is 7.08. The van der Waals surface area contributed by atoms with Gasteiger partial charge in [-0.15, -0.1) is 24.0 Å². The number of ether oxygens (including phenoxy) is 2. The molecule has 0 spiro atoms. The third kappa shape index (κ3) is 6.83. The monoisotopic (exact) mass is 537 g/mol. The molecule has 0 saturated carbocycles. The molecule has 0 aliphatic rings. The van der Waals surface area contributed by atoms with Crippen molar-refractivity contribution >= 4 is 41.0 Å². The summed E-state index contributed by atoms with van der Waals surface area (Å²) in [5, 5.41) is 6.69. The largest absolute Gasteiger partial charge is 0.491 e. The van der Waals surface area contributed by atoms with Crippen LogP contribution in [-0.2, 0) is 24.9 Å². The second kappa shape index (κ2) is 12.5. The molecule has 1 aromatic heterocycles. The number of nitrogens with one attached hydrogen (secondary N) is 2. The van der Waals surface area contributed by atoms with E-state index in [-0.39, 0.29) is 24.0 Å². The number of aliphatic imine (C=N–C) groups is 1. The third-order valence-corrected chi connectivity index (χ3v) is 4.81. The number of hydrogen-bond acceptors (Lipinski definition) is 4. The number of hydrogen-bond donors (Lipinski definition) is 2. The smallest absolute Gasteiger partial charge is 0.191 e. The van der Waals surface area contributed by atoms with Crippen LogP contribution in [0.15, 0.2) is 47.5 Å². The Hall–Kier alpha value is -2.33. The molecular weight excluding hydrogens is 505 g/mol. The fourth-order valence-electron chi connectivity index (χ4n) is 3.18. The number of benzene rings is 2. The van der Waals surface area contributed by atoms with Crippen molar-refractivity contribution in [3.05, 3.63) is 59.4 Å². The van der Waals surface area contributed by atoms with Gasteiger partial charge in [-0.3, -0.25) is 0 Å². The van der Waals surface area contributed by atoms with Crippen LogP contribution < -0.4 is 15.4 Å². The molecule has 0 aliphatic heterocycles. The zero-order valence-electron chi connectivity index (χ0n) is 18.6. The van der Waals surface area contributed by atoms with Gasteiger partial charge in [0.2, 0.25) is 0 Å². The second-order valence-electron chi connectivity index (χ2n) is 7.08. The number of fused-ring (bicyclic) bond motifs is 1.